The Hall–Kier alpha value is -3.13. The maximum Gasteiger partial charge on any atom is 0.243 e. The zero-order chi connectivity index (χ0) is 19.9. The van der Waals surface area contributed by atoms with Crippen molar-refractivity contribution in [1.82, 2.24) is 20.1 Å². The summed E-state index contributed by atoms with van der Waals surface area (Å²) in [5.74, 6) is -0.381. The SMILES string of the molecule is Cc1ccc(-n2cnnc2SCC(=O)NCC(=O)Nc2ccccc2)cc1C. The summed E-state index contributed by atoms with van der Waals surface area (Å²) in [4.78, 5) is 24.0. The molecule has 28 heavy (non-hydrogen) atoms. The van der Waals surface area contributed by atoms with Gasteiger partial charge in [0.1, 0.15) is 6.33 Å². The minimum atomic E-state index is -0.275. The third-order valence-electron chi connectivity index (χ3n) is 4.12. The Morgan fingerprint density at radius 1 is 1.04 bits per heavy atom. The Morgan fingerprint density at radius 2 is 1.82 bits per heavy atom. The molecule has 8 heteroatoms. The number of carbonyl (C=O) groups is 2. The number of para-hydroxylation sites is 1. The fourth-order valence-corrected chi connectivity index (χ4v) is 3.22. The Bertz CT molecular complexity index is 972. The monoisotopic (exact) mass is 395 g/mol. The van der Waals surface area contributed by atoms with Crippen molar-refractivity contribution in [3.8, 4) is 5.69 Å². The second-order valence-corrected chi connectivity index (χ2v) is 7.17. The first-order valence-electron chi connectivity index (χ1n) is 8.75. The number of rotatable bonds is 7. The van der Waals surface area contributed by atoms with Gasteiger partial charge in [0.2, 0.25) is 11.8 Å². The van der Waals surface area contributed by atoms with Crippen LogP contribution in [0.15, 0.2) is 60.0 Å². The average Bonchev–Trinajstić information content (AvgIpc) is 3.16. The molecule has 3 rings (SSSR count). The number of thioether (sulfide) groups is 1. The third kappa shape index (κ3) is 5.20. The molecule has 2 aromatic carbocycles. The number of hydrogen-bond acceptors (Lipinski definition) is 5. The van der Waals surface area contributed by atoms with Crippen LogP contribution in [0.25, 0.3) is 5.69 Å². The molecule has 1 heterocycles. The topological polar surface area (TPSA) is 88.9 Å². The average molecular weight is 395 g/mol. The van der Waals surface area contributed by atoms with Crippen LogP contribution in [-0.2, 0) is 9.59 Å². The first-order valence-corrected chi connectivity index (χ1v) is 9.73. The fourth-order valence-electron chi connectivity index (χ4n) is 2.46. The normalized spacial score (nSPS) is 10.5. The van der Waals surface area contributed by atoms with Crippen LogP contribution in [0.2, 0.25) is 0 Å². The van der Waals surface area contributed by atoms with E-state index in [-0.39, 0.29) is 24.1 Å². The number of nitrogens with zero attached hydrogens (tertiary/aromatic N) is 3. The van der Waals surface area contributed by atoms with Crippen molar-refractivity contribution in [3.05, 3.63) is 66.0 Å². The van der Waals surface area contributed by atoms with Gasteiger partial charge in [0, 0.05) is 11.4 Å². The van der Waals surface area contributed by atoms with Gasteiger partial charge in [-0.2, -0.15) is 0 Å². The highest BCUT2D eigenvalue weighted by molar-refractivity contribution is 7.99. The number of hydrogen-bond donors (Lipinski definition) is 2. The summed E-state index contributed by atoms with van der Waals surface area (Å²) in [5.41, 5.74) is 4.01. The van der Waals surface area contributed by atoms with E-state index in [0.29, 0.717) is 10.8 Å². The molecule has 7 nitrogen and oxygen atoms in total. The predicted octanol–water partition coefficient (Wildman–Crippen LogP) is 2.73. The van der Waals surface area contributed by atoms with Gasteiger partial charge in [-0.3, -0.25) is 14.2 Å². The van der Waals surface area contributed by atoms with Gasteiger partial charge in [0.25, 0.3) is 0 Å². The predicted molar refractivity (Wildman–Crippen MR) is 110 cm³/mol. The van der Waals surface area contributed by atoms with Gasteiger partial charge in [-0.1, -0.05) is 36.0 Å². The Morgan fingerprint density at radius 3 is 2.57 bits per heavy atom. The summed E-state index contributed by atoms with van der Waals surface area (Å²) < 4.78 is 1.84. The highest BCUT2D eigenvalue weighted by atomic mass is 32.2. The first-order chi connectivity index (χ1) is 13.5. The summed E-state index contributed by atoms with van der Waals surface area (Å²) in [7, 11) is 0. The number of benzene rings is 2. The van der Waals surface area contributed by atoms with Crippen molar-refractivity contribution < 1.29 is 9.59 Å². The third-order valence-corrected chi connectivity index (χ3v) is 5.06. The number of carbonyl (C=O) groups excluding carboxylic acids is 2. The Kier molecular flexibility index (Phi) is 6.44. The molecule has 3 aromatic rings. The lowest BCUT2D eigenvalue weighted by Gasteiger charge is -2.09. The van der Waals surface area contributed by atoms with Crippen LogP contribution in [-0.4, -0.2) is 38.9 Å². The van der Waals surface area contributed by atoms with Gasteiger partial charge in [0.15, 0.2) is 5.16 Å². The lowest BCUT2D eigenvalue weighted by atomic mass is 10.1. The lowest BCUT2D eigenvalue weighted by molar-refractivity contribution is -0.122. The molecule has 0 bridgehead atoms. The standard InChI is InChI=1S/C20H21N5O2S/c1-14-8-9-17(10-15(14)2)25-13-22-24-20(25)28-12-19(27)21-11-18(26)23-16-6-4-3-5-7-16/h3-10,13H,11-12H2,1-2H3,(H,21,27)(H,23,26). The summed E-state index contributed by atoms with van der Waals surface area (Å²) in [6.07, 6.45) is 1.62. The number of amides is 2. The molecular formula is C20H21N5O2S. The number of anilines is 1. The van der Waals surface area contributed by atoms with Gasteiger partial charge in [0.05, 0.1) is 12.3 Å². The van der Waals surface area contributed by atoms with E-state index in [2.05, 4.69) is 33.8 Å². The maximum absolute atomic E-state index is 12.1. The van der Waals surface area contributed by atoms with Gasteiger partial charge in [-0.25, -0.2) is 0 Å². The van der Waals surface area contributed by atoms with Crippen molar-refractivity contribution >= 4 is 29.3 Å². The molecule has 0 saturated carbocycles. The van der Waals surface area contributed by atoms with Crippen molar-refractivity contribution in [3.63, 3.8) is 0 Å². The van der Waals surface area contributed by atoms with Crippen LogP contribution in [0.3, 0.4) is 0 Å². The number of aryl methyl sites for hydroxylation is 2. The molecule has 0 radical (unpaired) electrons. The molecule has 2 amide bonds. The molecule has 0 saturated heterocycles. The van der Waals surface area contributed by atoms with Gasteiger partial charge >= 0.3 is 0 Å². The van der Waals surface area contributed by atoms with Crippen molar-refractivity contribution in [2.24, 2.45) is 0 Å². The molecule has 2 N–H and O–H groups in total. The molecule has 144 valence electrons. The molecular weight excluding hydrogens is 374 g/mol. The highest BCUT2D eigenvalue weighted by Crippen LogP contribution is 2.21. The quantitative estimate of drug-likeness (QED) is 0.601. The number of aromatic nitrogens is 3. The van der Waals surface area contributed by atoms with Gasteiger partial charge < -0.3 is 10.6 Å². The van der Waals surface area contributed by atoms with Crippen LogP contribution in [0, 0.1) is 13.8 Å². The van der Waals surface area contributed by atoms with E-state index in [1.165, 1.54) is 22.9 Å². The zero-order valence-corrected chi connectivity index (χ0v) is 16.5. The minimum absolute atomic E-state index is 0.0852. The smallest absolute Gasteiger partial charge is 0.243 e. The van der Waals surface area contributed by atoms with E-state index < -0.39 is 0 Å². The van der Waals surface area contributed by atoms with Crippen LogP contribution in [0.1, 0.15) is 11.1 Å². The van der Waals surface area contributed by atoms with Crippen LogP contribution < -0.4 is 10.6 Å². The second kappa shape index (κ2) is 9.18. The molecule has 0 fully saturated rings. The van der Waals surface area contributed by atoms with Crippen LogP contribution in [0.5, 0.6) is 0 Å². The van der Waals surface area contributed by atoms with Crippen molar-refractivity contribution in [2.45, 2.75) is 19.0 Å². The van der Waals surface area contributed by atoms with E-state index >= 15 is 0 Å². The van der Waals surface area contributed by atoms with E-state index in [1.54, 1.807) is 18.5 Å². The summed E-state index contributed by atoms with van der Waals surface area (Å²) >= 11 is 1.27. The maximum atomic E-state index is 12.1. The number of nitrogens with one attached hydrogen (secondary N) is 2. The Balaban J connectivity index is 1.51. The van der Waals surface area contributed by atoms with Gasteiger partial charge in [-0.15, -0.1) is 10.2 Å². The van der Waals surface area contributed by atoms with Crippen LogP contribution >= 0.6 is 11.8 Å². The molecule has 0 aliphatic carbocycles. The first kappa shape index (κ1) is 19.6. The van der Waals surface area contributed by atoms with E-state index in [1.807, 2.05) is 41.8 Å². The van der Waals surface area contributed by atoms with E-state index in [0.717, 1.165) is 5.69 Å². The molecule has 0 spiro atoms. The minimum Gasteiger partial charge on any atom is -0.346 e. The van der Waals surface area contributed by atoms with E-state index in [9.17, 15) is 9.59 Å². The molecule has 1 aromatic heterocycles. The van der Waals surface area contributed by atoms with E-state index in [4.69, 9.17) is 0 Å². The Labute approximate surface area is 167 Å². The van der Waals surface area contributed by atoms with Gasteiger partial charge in [-0.05, 0) is 49.2 Å². The molecule has 0 atom stereocenters. The van der Waals surface area contributed by atoms with Crippen molar-refractivity contribution in [1.29, 1.82) is 0 Å². The highest BCUT2D eigenvalue weighted by Gasteiger charge is 2.12. The largest absolute Gasteiger partial charge is 0.346 e. The molecule has 0 unspecified atom stereocenters. The molecule has 0 aliphatic rings. The second-order valence-electron chi connectivity index (χ2n) is 6.23. The summed E-state index contributed by atoms with van der Waals surface area (Å²) in [5, 5.41) is 14.0. The summed E-state index contributed by atoms with van der Waals surface area (Å²) in [6.45, 7) is 4.02. The zero-order valence-electron chi connectivity index (χ0n) is 15.7. The van der Waals surface area contributed by atoms with Crippen molar-refractivity contribution in [2.75, 3.05) is 17.6 Å². The lowest BCUT2D eigenvalue weighted by Crippen LogP contribution is -2.33. The van der Waals surface area contributed by atoms with Crippen LogP contribution in [0.4, 0.5) is 5.69 Å². The molecule has 0 aliphatic heterocycles. The fraction of sp³-hybridized carbons (Fsp3) is 0.200. The summed E-state index contributed by atoms with van der Waals surface area (Å²) in [6, 6.07) is 15.2.